The van der Waals surface area contributed by atoms with E-state index in [4.69, 9.17) is 0 Å². The number of thiophene rings is 1. The zero-order valence-corrected chi connectivity index (χ0v) is 12.3. The summed E-state index contributed by atoms with van der Waals surface area (Å²) in [6, 6.07) is 4.08. The first-order valence-electron chi connectivity index (χ1n) is 6.80. The molecule has 2 amide bonds. The summed E-state index contributed by atoms with van der Waals surface area (Å²) in [4.78, 5) is 15.6. The highest BCUT2D eigenvalue weighted by Crippen LogP contribution is 2.23. The molecule has 5 nitrogen and oxygen atoms in total. The molecule has 0 fully saturated rings. The highest BCUT2D eigenvalue weighted by atomic mass is 32.1. The first-order valence-corrected chi connectivity index (χ1v) is 7.68. The second kappa shape index (κ2) is 5.66. The largest absolute Gasteiger partial charge is 0.334 e. The van der Waals surface area contributed by atoms with Crippen molar-refractivity contribution in [2.45, 2.75) is 32.5 Å². The standard InChI is InChI=1S/C14H18N4OS/c1-11(9-18-6-2-5-15-18)16-14(19)17-7-3-13-12(10-17)4-8-20-13/h2,4-6,8,11H,3,7,9-10H2,1H3,(H,16,19)/t11-/m0/s1. The van der Waals surface area contributed by atoms with Crippen LogP contribution in [0, 0.1) is 0 Å². The maximum atomic E-state index is 12.3. The van der Waals surface area contributed by atoms with Crippen molar-refractivity contribution in [1.82, 2.24) is 20.0 Å². The normalized spacial score (nSPS) is 15.8. The second-order valence-corrected chi connectivity index (χ2v) is 6.12. The Labute approximate surface area is 122 Å². The minimum atomic E-state index is 0.0153. The second-order valence-electron chi connectivity index (χ2n) is 5.12. The maximum absolute atomic E-state index is 12.3. The summed E-state index contributed by atoms with van der Waals surface area (Å²) in [5.74, 6) is 0. The van der Waals surface area contributed by atoms with E-state index in [1.807, 2.05) is 28.8 Å². The zero-order valence-electron chi connectivity index (χ0n) is 11.5. The highest BCUT2D eigenvalue weighted by Gasteiger charge is 2.22. The molecule has 1 aliphatic heterocycles. The summed E-state index contributed by atoms with van der Waals surface area (Å²) in [6.45, 7) is 4.21. The Kier molecular flexibility index (Phi) is 3.73. The van der Waals surface area contributed by atoms with Crippen LogP contribution >= 0.6 is 11.3 Å². The van der Waals surface area contributed by atoms with Crippen LogP contribution in [0.3, 0.4) is 0 Å². The molecule has 0 aliphatic carbocycles. The van der Waals surface area contributed by atoms with Crippen molar-refractivity contribution >= 4 is 17.4 Å². The van der Waals surface area contributed by atoms with Gasteiger partial charge in [0, 0.05) is 36.4 Å². The lowest BCUT2D eigenvalue weighted by molar-refractivity contribution is 0.188. The van der Waals surface area contributed by atoms with Crippen LogP contribution in [0.4, 0.5) is 4.79 Å². The van der Waals surface area contributed by atoms with Gasteiger partial charge >= 0.3 is 6.03 Å². The van der Waals surface area contributed by atoms with Gasteiger partial charge in [-0.15, -0.1) is 11.3 Å². The van der Waals surface area contributed by atoms with E-state index >= 15 is 0 Å². The van der Waals surface area contributed by atoms with Gasteiger partial charge in [0.05, 0.1) is 6.54 Å². The molecule has 3 heterocycles. The van der Waals surface area contributed by atoms with Crippen LogP contribution in [0.5, 0.6) is 0 Å². The van der Waals surface area contributed by atoms with Crippen molar-refractivity contribution in [3.8, 4) is 0 Å². The molecule has 1 atom stereocenters. The first kappa shape index (κ1) is 13.2. The molecule has 106 valence electrons. The van der Waals surface area contributed by atoms with Crippen molar-refractivity contribution in [1.29, 1.82) is 0 Å². The third kappa shape index (κ3) is 2.85. The monoisotopic (exact) mass is 290 g/mol. The van der Waals surface area contributed by atoms with E-state index in [1.165, 1.54) is 10.4 Å². The van der Waals surface area contributed by atoms with E-state index in [0.29, 0.717) is 6.54 Å². The lowest BCUT2D eigenvalue weighted by Crippen LogP contribution is -2.46. The number of nitrogens with zero attached hydrogens (tertiary/aromatic N) is 3. The quantitative estimate of drug-likeness (QED) is 0.941. The van der Waals surface area contributed by atoms with Crippen LogP contribution in [0.15, 0.2) is 29.9 Å². The molecular formula is C14H18N4OS. The Bertz CT molecular complexity index is 578. The van der Waals surface area contributed by atoms with Gasteiger partial charge in [-0.25, -0.2) is 4.79 Å². The molecule has 1 aliphatic rings. The number of amides is 2. The van der Waals surface area contributed by atoms with Crippen LogP contribution in [0.2, 0.25) is 0 Å². The van der Waals surface area contributed by atoms with Crippen LogP contribution in [-0.4, -0.2) is 33.3 Å². The smallest absolute Gasteiger partial charge is 0.317 e. The highest BCUT2D eigenvalue weighted by molar-refractivity contribution is 7.10. The van der Waals surface area contributed by atoms with Gasteiger partial charge < -0.3 is 10.2 Å². The number of carbonyl (C=O) groups is 1. The van der Waals surface area contributed by atoms with E-state index in [2.05, 4.69) is 21.9 Å². The van der Waals surface area contributed by atoms with E-state index in [-0.39, 0.29) is 12.1 Å². The lowest BCUT2D eigenvalue weighted by Gasteiger charge is -2.28. The molecule has 3 rings (SSSR count). The van der Waals surface area contributed by atoms with Crippen LogP contribution in [0.25, 0.3) is 0 Å². The Hall–Kier alpha value is -1.82. The molecule has 0 spiro atoms. The summed E-state index contributed by atoms with van der Waals surface area (Å²) in [5.41, 5.74) is 1.29. The van der Waals surface area contributed by atoms with Crippen molar-refractivity contribution in [2.75, 3.05) is 6.54 Å². The number of aromatic nitrogens is 2. The predicted octanol–water partition coefficient (Wildman–Crippen LogP) is 2.10. The van der Waals surface area contributed by atoms with E-state index < -0.39 is 0 Å². The van der Waals surface area contributed by atoms with Gasteiger partial charge in [0.15, 0.2) is 0 Å². The number of carbonyl (C=O) groups excluding carboxylic acids is 1. The van der Waals surface area contributed by atoms with Gasteiger partial charge in [-0.05, 0) is 36.4 Å². The number of rotatable bonds is 3. The fourth-order valence-electron chi connectivity index (χ4n) is 2.46. The third-order valence-corrected chi connectivity index (χ3v) is 4.51. The number of fused-ring (bicyclic) bond motifs is 1. The summed E-state index contributed by atoms with van der Waals surface area (Å²) in [5, 5.41) is 9.30. The zero-order chi connectivity index (χ0) is 13.9. The van der Waals surface area contributed by atoms with E-state index in [9.17, 15) is 4.79 Å². The van der Waals surface area contributed by atoms with Crippen LogP contribution < -0.4 is 5.32 Å². The molecule has 0 unspecified atom stereocenters. The van der Waals surface area contributed by atoms with Gasteiger partial charge in [-0.2, -0.15) is 5.10 Å². The predicted molar refractivity (Wildman–Crippen MR) is 78.7 cm³/mol. The molecule has 0 saturated carbocycles. The molecular weight excluding hydrogens is 272 g/mol. The van der Waals surface area contributed by atoms with Crippen LogP contribution in [0.1, 0.15) is 17.4 Å². The van der Waals surface area contributed by atoms with Gasteiger partial charge in [0.1, 0.15) is 0 Å². The molecule has 1 N–H and O–H groups in total. The van der Waals surface area contributed by atoms with E-state index in [0.717, 1.165) is 19.5 Å². The Balaban J connectivity index is 1.54. The SMILES string of the molecule is C[C@@H](Cn1cccn1)NC(=O)N1CCc2sccc2C1. The average molecular weight is 290 g/mol. The van der Waals surface area contributed by atoms with Gasteiger partial charge in [-0.1, -0.05) is 0 Å². The summed E-state index contributed by atoms with van der Waals surface area (Å²) < 4.78 is 1.83. The fraction of sp³-hybridized carbons (Fsp3) is 0.429. The van der Waals surface area contributed by atoms with Crippen molar-refractivity contribution in [3.63, 3.8) is 0 Å². The molecule has 20 heavy (non-hydrogen) atoms. The topological polar surface area (TPSA) is 50.2 Å². The van der Waals surface area contributed by atoms with E-state index in [1.54, 1.807) is 17.5 Å². The number of urea groups is 1. The Morgan fingerprint density at radius 1 is 1.60 bits per heavy atom. The molecule has 2 aromatic rings. The van der Waals surface area contributed by atoms with Crippen molar-refractivity contribution < 1.29 is 4.79 Å². The number of hydrogen-bond acceptors (Lipinski definition) is 3. The molecule has 0 saturated heterocycles. The van der Waals surface area contributed by atoms with Crippen molar-refractivity contribution in [3.05, 3.63) is 40.3 Å². The Morgan fingerprint density at radius 2 is 2.50 bits per heavy atom. The minimum Gasteiger partial charge on any atom is -0.334 e. The molecule has 0 aromatic carbocycles. The minimum absolute atomic E-state index is 0.0153. The average Bonchev–Trinajstić information content (AvgIpc) is 3.07. The number of hydrogen-bond donors (Lipinski definition) is 1. The molecule has 0 radical (unpaired) electrons. The summed E-state index contributed by atoms with van der Waals surface area (Å²) in [7, 11) is 0. The lowest BCUT2D eigenvalue weighted by atomic mass is 10.1. The van der Waals surface area contributed by atoms with Crippen molar-refractivity contribution in [2.24, 2.45) is 0 Å². The fourth-order valence-corrected chi connectivity index (χ4v) is 3.35. The third-order valence-electron chi connectivity index (χ3n) is 3.48. The first-order chi connectivity index (χ1) is 9.72. The molecule has 0 bridgehead atoms. The van der Waals surface area contributed by atoms with Gasteiger partial charge in [0.2, 0.25) is 0 Å². The maximum Gasteiger partial charge on any atom is 0.317 e. The van der Waals surface area contributed by atoms with Gasteiger partial charge in [0.25, 0.3) is 0 Å². The number of nitrogens with one attached hydrogen (secondary N) is 1. The molecule has 6 heteroatoms. The Morgan fingerprint density at radius 3 is 3.30 bits per heavy atom. The van der Waals surface area contributed by atoms with Crippen LogP contribution in [-0.2, 0) is 19.5 Å². The summed E-state index contributed by atoms with van der Waals surface area (Å²) in [6.07, 6.45) is 4.62. The molecule has 2 aromatic heterocycles. The van der Waals surface area contributed by atoms with Gasteiger partial charge in [-0.3, -0.25) is 4.68 Å². The summed E-state index contributed by atoms with van der Waals surface area (Å²) >= 11 is 1.79.